The molecule has 0 aliphatic carbocycles. The summed E-state index contributed by atoms with van der Waals surface area (Å²) in [6.07, 6.45) is 0.254. The fourth-order valence-electron chi connectivity index (χ4n) is 4.36. The molecular formula is C25H26N2O8S. The highest BCUT2D eigenvalue weighted by molar-refractivity contribution is 7.85. The number of nitrogens with zero attached hydrogens (tertiary/aromatic N) is 2. The van der Waals surface area contributed by atoms with Crippen LogP contribution in [0.4, 0.5) is 0 Å². The second-order valence-corrected chi connectivity index (χ2v) is 10.4. The van der Waals surface area contributed by atoms with Gasteiger partial charge in [-0.3, -0.25) is 13.5 Å². The quantitative estimate of drug-likeness (QED) is 0.375. The number of benzene rings is 2. The van der Waals surface area contributed by atoms with E-state index in [2.05, 4.69) is 4.98 Å². The minimum absolute atomic E-state index is 0.0316. The van der Waals surface area contributed by atoms with Crippen LogP contribution in [0.2, 0.25) is 0 Å². The molecule has 0 unspecified atom stereocenters. The highest BCUT2D eigenvalue weighted by Crippen LogP contribution is 2.46. The maximum absolute atomic E-state index is 12.0. The third-order valence-electron chi connectivity index (χ3n) is 6.02. The molecule has 0 saturated carbocycles. The largest absolute Gasteiger partial charge is 0.453 e. The van der Waals surface area contributed by atoms with Crippen molar-refractivity contribution in [1.29, 1.82) is 0 Å². The van der Waals surface area contributed by atoms with Crippen LogP contribution in [0.3, 0.4) is 0 Å². The Morgan fingerprint density at radius 3 is 2.31 bits per heavy atom. The fourth-order valence-corrected chi connectivity index (χ4v) is 4.78. The van der Waals surface area contributed by atoms with Gasteiger partial charge in [0.25, 0.3) is 15.7 Å². The molecule has 2 aliphatic rings. The number of fused-ring (bicyclic) bond motifs is 3. The number of rotatable bonds is 10. The zero-order chi connectivity index (χ0) is 25.2. The molecule has 0 spiro atoms. The molecule has 3 heterocycles. The summed E-state index contributed by atoms with van der Waals surface area (Å²) in [5.74, 6) is 0. The average molecular weight is 515 g/mol. The molecular weight excluding hydrogens is 488 g/mol. The third-order valence-corrected chi connectivity index (χ3v) is 6.57. The highest BCUT2D eigenvalue weighted by Gasteiger charge is 2.61. The van der Waals surface area contributed by atoms with Crippen molar-refractivity contribution in [3.8, 4) is 6.01 Å². The van der Waals surface area contributed by atoms with Crippen LogP contribution >= 0.6 is 0 Å². The highest BCUT2D eigenvalue weighted by atomic mass is 32.2. The van der Waals surface area contributed by atoms with Gasteiger partial charge in [0, 0.05) is 12.3 Å². The van der Waals surface area contributed by atoms with Crippen LogP contribution in [0.5, 0.6) is 6.01 Å². The molecule has 4 atom stereocenters. The normalized spacial score (nSPS) is 24.8. The molecule has 2 aromatic carbocycles. The zero-order valence-electron chi connectivity index (χ0n) is 19.6. The Labute approximate surface area is 208 Å². The van der Waals surface area contributed by atoms with Crippen molar-refractivity contribution in [3.05, 3.63) is 94.4 Å². The van der Waals surface area contributed by atoms with E-state index in [-0.39, 0.29) is 32.4 Å². The predicted molar refractivity (Wildman–Crippen MR) is 128 cm³/mol. The smallest absolute Gasteiger partial charge is 0.302 e. The van der Waals surface area contributed by atoms with Gasteiger partial charge in [-0.1, -0.05) is 60.7 Å². The lowest BCUT2D eigenvalue weighted by Gasteiger charge is -2.34. The van der Waals surface area contributed by atoms with Crippen LogP contribution in [0.25, 0.3) is 0 Å². The molecule has 1 saturated heterocycles. The van der Waals surface area contributed by atoms with Crippen LogP contribution in [-0.2, 0) is 41.7 Å². The molecule has 36 heavy (non-hydrogen) atoms. The van der Waals surface area contributed by atoms with Crippen molar-refractivity contribution in [1.82, 2.24) is 9.55 Å². The number of hydrogen-bond acceptors (Lipinski definition) is 9. The summed E-state index contributed by atoms with van der Waals surface area (Å²) >= 11 is 0. The van der Waals surface area contributed by atoms with Crippen LogP contribution in [-0.4, -0.2) is 55.2 Å². The molecule has 0 amide bonds. The summed E-state index contributed by atoms with van der Waals surface area (Å²) in [6, 6.07) is 20.5. The van der Waals surface area contributed by atoms with Gasteiger partial charge >= 0.3 is 6.01 Å². The SMILES string of the molecule is CS(=O)(=O)OC[C@]1(COCc2ccccc2)O[C@@H]2[C@@H](Oc3nc(=O)ccn32)[C@@H]1OCc1ccccc1. The second-order valence-electron chi connectivity index (χ2n) is 8.77. The summed E-state index contributed by atoms with van der Waals surface area (Å²) in [4.78, 5) is 15.7. The van der Waals surface area contributed by atoms with Crippen molar-refractivity contribution >= 4 is 10.1 Å². The first-order valence-corrected chi connectivity index (χ1v) is 13.2. The molecule has 190 valence electrons. The number of ether oxygens (including phenoxy) is 4. The van der Waals surface area contributed by atoms with Gasteiger partial charge in [-0.25, -0.2) is 0 Å². The molecule has 11 heteroatoms. The first-order valence-electron chi connectivity index (χ1n) is 11.4. The van der Waals surface area contributed by atoms with Gasteiger partial charge in [0.05, 0.1) is 26.1 Å². The van der Waals surface area contributed by atoms with E-state index in [1.54, 1.807) is 4.57 Å². The molecule has 5 rings (SSSR count). The molecule has 3 aromatic rings. The van der Waals surface area contributed by atoms with E-state index in [1.807, 2.05) is 60.7 Å². The zero-order valence-corrected chi connectivity index (χ0v) is 20.4. The van der Waals surface area contributed by atoms with E-state index in [1.165, 1.54) is 12.3 Å². The van der Waals surface area contributed by atoms with E-state index in [4.69, 9.17) is 23.1 Å². The Hall–Kier alpha value is -3.09. The van der Waals surface area contributed by atoms with Crippen molar-refractivity contribution < 1.29 is 31.5 Å². The predicted octanol–water partition coefficient (Wildman–Crippen LogP) is 2.05. The van der Waals surface area contributed by atoms with E-state index < -0.39 is 39.7 Å². The fraction of sp³-hybridized carbons (Fsp3) is 0.360. The maximum Gasteiger partial charge on any atom is 0.302 e. The van der Waals surface area contributed by atoms with Crippen molar-refractivity contribution in [3.63, 3.8) is 0 Å². The van der Waals surface area contributed by atoms with Gasteiger partial charge in [0.2, 0.25) is 0 Å². The number of aromatic nitrogens is 2. The molecule has 0 N–H and O–H groups in total. The number of hydrogen-bond donors (Lipinski definition) is 0. The summed E-state index contributed by atoms with van der Waals surface area (Å²) in [5.41, 5.74) is 0.0795. The van der Waals surface area contributed by atoms with E-state index in [0.29, 0.717) is 0 Å². The van der Waals surface area contributed by atoms with Crippen molar-refractivity contribution in [2.75, 3.05) is 19.5 Å². The van der Waals surface area contributed by atoms with Gasteiger partial charge in [-0.05, 0) is 11.1 Å². The molecule has 1 aromatic heterocycles. The summed E-state index contributed by atoms with van der Waals surface area (Å²) < 4.78 is 55.5. The minimum atomic E-state index is -3.80. The van der Waals surface area contributed by atoms with E-state index in [9.17, 15) is 13.2 Å². The van der Waals surface area contributed by atoms with E-state index in [0.717, 1.165) is 17.4 Å². The topological polar surface area (TPSA) is 115 Å². The first-order chi connectivity index (χ1) is 17.3. The van der Waals surface area contributed by atoms with Gasteiger partial charge in [-0.2, -0.15) is 13.4 Å². The summed E-state index contributed by atoms with van der Waals surface area (Å²) in [5, 5.41) is 0. The Balaban J connectivity index is 1.45. The first kappa shape index (κ1) is 24.6. The Kier molecular flexibility index (Phi) is 6.91. The summed E-state index contributed by atoms with van der Waals surface area (Å²) in [7, 11) is -3.80. The van der Waals surface area contributed by atoms with Crippen LogP contribution in [0, 0.1) is 0 Å². The monoisotopic (exact) mass is 514 g/mol. The average Bonchev–Trinajstić information content (AvgIpc) is 3.35. The van der Waals surface area contributed by atoms with Gasteiger partial charge in [-0.15, -0.1) is 0 Å². The van der Waals surface area contributed by atoms with Gasteiger partial charge in [0.15, 0.2) is 12.3 Å². The molecule has 1 fully saturated rings. The van der Waals surface area contributed by atoms with Crippen LogP contribution in [0.15, 0.2) is 77.7 Å². The Bertz CT molecular complexity index is 1350. The minimum Gasteiger partial charge on any atom is -0.453 e. The lowest BCUT2D eigenvalue weighted by atomic mass is 9.96. The third kappa shape index (κ3) is 5.35. The van der Waals surface area contributed by atoms with Crippen LogP contribution in [0.1, 0.15) is 17.4 Å². The standard InChI is InChI=1S/C25H26N2O8S/c1-36(29,30)33-17-25(16-31-14-18-8-4-2-5-9-18)22(32-15-19-10-6-3-7-11-19)21-23(35-25)27-13-12-20(28)26-24(27)34-21/h2-13,21-23H,14-17H2,1H3/t21-,22-,23+,25-/m0/s1. The lowest BCUT2D eigenvalue weighted by molar-refractivity contribution is -0.172. The van der Waals surface area contributed by atoms with Crippen molar-refractivity contribution in [2.24, 2.45) is 0 Å². The second kappa shape index (κ2) is 10.1. The molecule has 10 nitrogen and oxygen atoms in total. The maximum atomic E-state index is 12.0. The van der Waals surface area contributed by atoms with Crippen molar-refractivity contribution in [2.45, 2.75) is 37.3 Å². The lowest BCUT2D eigenvalue weighted by Crippen LogP contribution is -2.53. The van der Waals surface area contributed by atoms with E-state index >= 15 is 0 Å². The van der Waals surface area contributed by atoms with Crippen LogP contribution < -0.4 is 10.3 Å². The molecule has 0 radical (unpaired) electrons. The summed E-state index contributed by atoms with van der Waals surface area (Å²) in [6.45, 7) is 0.106. The molecule has 2 aliphatic heterocycles. The van der Waals surface area contributed by atoms with Gasteiger partial charge < -0.3 is 18.9 Å². The Morgan fingerprint density at radius 1 is 0.972 bits per heavy atom. The van der Waals surface area contributed by atoms with Gasteiger partial charge in [0.1, 0.15) is 18.3 Å². The molecule has 0 bridgehead atoms. The Morgan fingerprint density at radius 2 is 1.64 bits per heavy atom.